The average molecular weight is 255 g/mol. The number of rotatable bonds is 10. The lowest BCUT2D eigenvalue weighted by molar-refractivity contribution is -0.560. The Morgan fingerprint density at radius 1 is 1.11 bits per heavy atom. The van der Waals surface area contributed by atoms with Crippen LogP contribution in [0.4, 0.5) is 0 Å². The zero-order chi connectivity index (χ0) is 13.2. The molecule has 1 heterocycles. The largest absolute Gasteiger partial charge is 0.342 e. The zero-order valence-electron chi connectivity index (χ0n) is 12.6. The van der Waals surface area contributed by atoms with E-state index in [0.29, 0.717) is 0 Å². The van der Waals surface area contributed by atoms with Gasteiger partial charge in [0, 0.05) is 6.42 Å². The van der Waals surface area contributed by atoms with Crippen molar-refractivity contribution >= 4 is 5.84 Å². The third kappa shape index (κ3) is 4.97. The number of unbranched alkanes of at least 4 members (excludes halogenated alkanes) is 3. The number of likely N-dealkylation sites (N-methyl/N-ethyl adjacent to an activating group) is 1. The molecule has 0 bridgehead atoms. The van der Waals surface area contributed by atoms with Gasteiger partial charge in [-0.2, -0.15) is 0 Å². The Labute approximate surface area is 113 Å². The van der Waals surface area contributed by atoms with E-state index in [1.165, 1.54) is 50.9 Å². The lowest BCUT2D eigenvalue weighted by atomic mass is 10.2. The van der Waals surface area contributed by atoms with Crippen molar-refractivity contribution in [2.75, 3.05) is 33.0 Å². The normalized spacial score (nSPS) is 15.8. The van der Waals surface area contributed by atoms with Gasteiger partial charge in [0.15, 0.2) is 6.73 Å². The van der Waals surface area contributed by atoms with E-state index in [2.05, 4.69) is 30.2 Å². The molecule has 3 nitrogen and oxygen atoms in total. The summed E-state index contributed by atoms with van der Waals surface area (Å²) in [6.07, 6.45) is 7.56. The molecule has 0 aliphatic carbocycles. The number of ether oxygens (including phenoxy) is 1. The first-order valence-electron chi connectivity index (χ1n) is 7.76. The van der Waals surface area contributed by atoms with Crippen LogP contribution in [0.2, 0.25) is 0 Å². The van der Waals surface area contributed by atoms with E-state index in [-0.39, 0.29) is 0 Å². The van der Waals surface area contributed by atoms with E-state index in [1.54, 1.807) is 0 Å². The smallest absolute Gasteiger partial charge is 0.248 e. The molecular weight excluding hydrogens is 224 g/mol. The van der Waals surface area contributed by atoms with Crippen LogP contribution in [0.1, 0.15) is 59.3 Å². The first-order chi connectivity index (χ1) is 8.83. The number of hydrogen-bond acceptors (Lipinski definition) is 2. The van der Waals surface area contributed by atoms with E-state index in [1.807, 2.05) is 0 Å². The van der Waals surface area contributed by atoms with Crippen molar-refractivity contribution < 1.29 is 9.31 Å². The van der Waals surface area contributed by atoms with Gasteiger partial charge in [-0.3, -0.25) is 4.90 Å². The van der Waals surface area contributed by atoms with Crippen LogP contribution in [0.5, 0.6) is 0 Å². The van der Waals surface area contributed by atoms with Crippen LogP contribution in [-0.2, 0) is 4.74 Å². The molecular formula is C15H31N2O+. The molecule has 0 aromatic heterocycles. The molecule has 106 valence electrons. The molecule has 1 aliphatic heterocycles. The van der Waals surface area contributed by atoms with Crippen LogP contribution in [0.3, 0.4) is 0 Å². The summed E-state index contributed by atoms with van der Waals surface area (Å²) in [6.45, 7) is 11.9. The molecule has 0 atom stereocenters. The lowest BCUT2D eigenvalue weighted by Gasteiger charge is -2.10. The maximum Gasteiger partial charge on any atom is 0.248 e. The molecule has 0 N–H and O–H groups in total. The van der Waals surface area contributed by atoms with Crippen LogP contribution in [-0.4, -0.2) is 48.3 Å². The quantitative estimate of drug-likeness (QED) is 0.440. The number of nitrogens with zero attached hydrogens (tertiary/aromatic N) is 2. The minimum atomic E-state index is 0.790. The first kappa shape index (κ1) is 15.5. The Morgan fingerprint density at radius 2 is 1.94 bits per heavy atom. The Morgan fingerprint density at radius 3 is 2.61 bits per heavy atom. The van der Waals surface area contributed by atoms with Gasteiger partial charge >= 0.3 is 0 Å². The average Bonchev–Trinajstić information content (AvgIpc) is 2.77. The van der Waals surface area contributed by atoms with Crippen LogP contribution in [0.25, 0.3) is 0 Å². The summed E-state index contributed by atoms with van der Waals surface area (Å²) in [5.74, 6) is 1.49. The molecule has 3 heteroatoms. The topological polar surface area (TPSA) is 15.5 Å². The molecule has 0 saturated carbocycles. The number of hydrogen-bond donors (Lipinski definition) is 0. The fraction of sp³-hybridized carbons (Fsp3) is 0.933. The monoisotopic (exact) mass is 255 g/mol. The SMILES string of the molecule is CCCCCCOC[N+]1=C(CCC)N(CC)CC1. The summed E-state index contributed by atoms with van der Waals surface area (Å²) in [4.78, 5) is 2.49. The van der Waals surface area contributed by atoms with E-state index < -0.39 is 0 Å². The summed E-state index contributed by atoms with van der Waals surface area (Å²) in [7, 11) is 0. The predicted molar refractivity (Wildman–Crippen MR) is 77.3 cm³/mol. The highest BCUT2D eigenvalue weighted by Gasteiger charge is 2.27. The van der Waals surface area contributed by atoms with Crippen molar-refractivity contribution in [3.63, 3.8) is 0 Å². The third-order valence-electron chi connectivity index (χ3n) is 3.61. The minimum absolute atomic E-state index is 0.790. The molecule has 1 rings (SSSR count). The van der Waals surface area contributed by atoms with Gasteiger partial charge in [-0.05, 0) is 19.8 Å². The molecule has 0 spiro atoms. The molecule has 0 saturated heterocycles. The van der Waals surface area contributed by atoms with E-state index in [9.17, 15) is 0 Å². The van der Waals surface area contributed by atoms with E-state index in [4.69, 9.17) is 4.74 Å². The Balaban J connectivity index is 2.27. The minimum Gasteiger partial charge on any atom is -0.342 e. The molecule has 1 aliphatic rings. The number of amidine groups is 1. The first-order valence-corrected chi connectivity index (χ1v) is 7.76. The van der Waals surface area contributed by atoms with Crippen LogP contribution in [0, 0.1) is 0 Å². The highest BCUT2D eigenvalue weighted by molar-refractivity contribution is 5.78. The van der Waals surface area contributed by atoms with Gasteiger partial charge in [-0.1, -0.05) is 33.1 Å². The van der Waals surface area contributed by atoms with Crippen LogP contribution >= 0.6 is 0 Å². The highest BCUT2D eigenvalue weighted by Crippen LogP contribution is 2.07. The lowest BCUT2D eigenvalue weighted by Crippen LogP contribution is -2.29. The standard InChI is InChI=1S/C15H31N2O/c1-4-7-8-9-13-18-14-17-12-11-16(6-3)15(17)10-5-2/h4-14H2,1-3H3/q+1. The van der Waals surface area contributed by atoms with Crippen molar-refractivity contribution in [3.05, 3.63) is 0 Å². The maximum absolute atomic E-state index is 5.81. The Kier molecular flexibility index (Phi) is 8.06. The fourth-order valence-electron chi connectivity index (χ4n) is 2.52. The summed E-state index contributed by atoms with van der Waals surface area (Å²) >= 11 is 0. The van der Waals surface area contributed by atoms with Crippen molar-refractivity contribution in [1.29, 1.82) is 0 Å². The Bertz CT molecular complexity index is 251. The second-order valence-electron chi connectivity index (χ2n) is 5.11. The van der Waals surface area contributed by atoms with Gasteiger partial charge in [0.25, 0.3) is 0 Å². The second kappa shape index (κ2) is 9.37. The van der Waals surface area contributed by atoms with Gasteiger partial charge in [0.2, 0.25) is 5.84 Å². The van der Waals surface area contributed by atoms with Crippen molar-refractivity contribution in [2.24, 2.45) is 0 Å². The maximum atomic E-state index is 5.81. The summed E-state index contributed by atoms with van der Waals surface area (Å²) < 4.78 is 8.24. The summed E-state index contributed by atoms with van der Waals surface area (Å²) in [5.41, 5.74) is 0. The molecule has 0 amide bonds. The van der Waals surface area contributed by atoms with Gasteiger partial charge in [0.1, 0.15) is 13.1 Å². The van der Waals surface area contributed by atoms with Crippen LogP contribution in [0.15, 0.2) is 0 Å². The zero-order valence-corrected chi connectivity index (χ0v) is 12.6. The highest BCUT2D eigenvalue weighted by atomic mass is 16.5. The summed E-state index contributed by atoms with van der Waals surface area (Å²) in [6, 6.07) is 0. The third-order valence-corrected chi connectivity index (χ3v) is 3.61. The molecule has 18 heavy (non-hydrogen) atoms. The molecule has 0 aromatic rings. The van der Waals surface area contributed by atoms with E-state index in [0.717, 1.165) is 26.4 Å². The van der Waals surface area contributed by atoms with Gasteiger partial charge in [0.05, 0.1) is 13.2 Å². The predicted octanol–water partition coefficient (Wildman–Crippen LogP) is 3.09. The van der Waals surface area contributed by atoms with E-state index >= 15 is 0 Å². The van der Waals surface area contributed by atoms with Crippen molar-refractivity contribution in [3.8, 4) is 0 Å². The van der Waals surface area contributed by atoms with Crippen molar-refractivity contribution in [1.82, 2.24) is 4.90 Å². The molecule has 0 fully saturated rings. The molecule has 0 radical (unpaired) electrons. The fourth-order valence-corrected chi connectivity index (χ4v) is 2.52. The van der Waals surface area contributed by atoms with Gasteiger partial charge < -0.3 is 4.74 Å². The van der Waals surface area contributed by atoms with Gasteiger partial charge in [-0.15, -0.1) is 0 Å². The second-order valence-corrected chi connectivity index (χ2v) is 5.11. The van der Waals surface area contributed by atoms with Gasteiger partial charge in [-0.25, -0.2) is 4.58 Å². The Hall–Kier alpha value is -0.570. The molecule has 0 unspecified atom stereocenters. The summed E-state index contributed by atoms with van der Waals surface area (Å²) in [5, 5.41) is 0. The molecule has 0 aromatic carbocycles. The van der Waals surface area contributed by atoms with Crippen LogP contribution < -0.4 is 0 Å². The van der Waals surface area contributed by atoms with Crippen molar-refractivity contribution in [2.45, 2.75) is 59.3 Å².